The van der Waals surface area contributed by atoms with Crippen molar-refractivity contribution in [1.29, 1.82) is 0 Å². The Balaban J connectivity index is 1.81. The molecule has 0 aromatic heterocycles. The van der Waals surface area contributed by atoms with Gasteiger partial charge in [0.05, 0.1) is 11.1 Å². The molecule has 0 saturated carbocycles. The summed E-state index contributed by atoms with van der Waals surface area (Å²) in [4.78, 5) is 23.4. The number of carbonyl (C=O) groups is 2. The zero-order chi connectivity index (χ0) is 19.4. The normalized spacial score (nSPS) is 15.9. The molecule has 2 N–H and O–H groups in total. The number of carbonyl (C=O) groups excluding carboxylic acids is 1. The summed E-state index contributed by atoms with van der Waals surface area (Å²) in [6, 6.07) is 10.7. The minimum Gasteiger partial charge on any atom is -0.478 e. The molecule has 1 saturated heterocycles. The van der Waals surface area contributed by atoms with Crippen LogP contribution in [0.5, 0.6) is 0 Å². The zero-order valence-electron chi connectivity index (χ0n) is 14.5. The third-order valence-corrected chi connectivity index (χ3v) is 5.27. The molecule has 1 amide bonds. The molecule has 1 heterocycles. The SMILES string of the molecule is O=C(O)c1ccc(C(=O)NCC2(c3ccccc3Cl)CCOCC2)c(F)c1. The Morgan fingerprint density at radius 3 is 2.52 bits per heavy atom. The maximum atomic E-state index is 14.1. The molecule has 0 unspecified atom stereocenters. The summed E-state index contributed by atoms with van der Waals surface area (Å²) in [6.07, 6.45) is 1.36. The van der Waals surface area contributed by atoms with Crippen LogP contribution < -0.4 is 5.32 Å². The highest BCUT2D eigenvalue weighted by Crippen LogP contribution is 2.38. The van der Waals surface area contributed by atoms with Gasteiger partial charge in [-0.3, -0.25) is 4.79 Å². The largest absolute Gasteiger partial charge is 0.478 e. The molecule has 2 aromatic carbocycles. The lowest BCUT2D eigenvalue weighted by atomic mass is 9.74. The van der Waals surface area contributed by atoms with Gasteiger partial charge in [-0.25, -0.2) is 9.18 Å². The highest BCUT2D eigenvalue weighted by Gasteiger charge is 2.36. The van der Waals surface area contributed by atoms with Gasteiger partial charge in [0, 0.05) is 30.2 Å². The van der Waals surface area contributed by atoms with Gasteiger partial charge in [0.15, 0.2) is 0 Å². The van der Waals surface area contributed by atoms with Crippen molar-refractivity contribution in [2.45, 2.75) is 18.3 Å². The zero-order valence-corrected chi connectivity index (χ0v) is 15.3. The number of aromatic carboxylic acids is 1. The number of carboxylic acids is 1. The first-order valence-electron chi connectivity index (χ1n) is 8.57. The average Bonchev–Trinajstić information content (AvgIpc) is 2.67. The van der Waals surface area contributed by atoms with Gasteiger partial charge in [-0.15, -0.1) is 0 Å². The second-order valence-electron chi connectivity index (χ2n) is 6.56. The van der Waals surface area contributed by atoms with Crippen LogP contribution in [-0.2, 0) is 10.2 Å². The number of carboxylic acid groups (broad SMARTS) is 1. The fraction of sp³-hybridized carbons (Fsp3) is 0.300. The molecular formula is C20H19ClFNO4. The standard InChI is InChI=1S/C20H19ClFNO4/c21-16-4-2-1-3-15(16)20(7-9-27-10-8-20)12-23-18(24)14-6-5-13(19(25)26)11-17(14)22/h1-6,11H,7-10,12H2,(H,23,24)(H,25,26). The molecule has 0 bridgehead atoms. The molecule has 1 aliphatic heterocycles. The third-order valence-electron chi connectivity index (χ3n) is 4.94. The Morgan fingerprint density at radius 2 is 1.89 bits per heavy atom. The van der Waals surface area contributed by atoms with Gasteiger partial charge in [-0.05, 0) is 42.7 Å². The second kappa shape index (κ2) is 8.06. The lowest BCUT2D eigenvalue weighted by Crippen LogP contribution is -2.45. The molecular weight excluding hydrogens is 373 g/mol. The number of rotatable bonds is 5. The van der Waals surface area contributed by atoms with Gasteiger partial charge in [-0.1, -0.05) is 29.8 Å². The van der Waals surface area contributed by atoms with E-state index in [1.165, 1.54) is 12.1 Å². The molecule has 27 heavy (non-hydrogen) atoms. The Morgan fingerprint density at radius 1 is 1.19 bits per heavy atom. The van der Waals surface area contributed by atoms with E-state index < -0.39 is 23.1 Å². The van der Waals surface area contributed by atoms with Gasteiger partial charge in [0.2, 0.25) is 0 Å². The van der Waals surface area contributed by atoms with Crippen LogP contribution in [0, 0.1) is 5.82 Å². The predicted octanol–water partition coefficient (Wildman–Crippen LogP) is 3.66. The maximum Gasteiger partial charge on any atom is 0.335 e. The van der Waals surface area contributed by atoms with Crippen molar-refractivity contribution in [3.63, 3.8) is 0 Å². The summed E-state index contributed by atoms with van der Waals surface area (Å²) < 4.78 is 19.6. The first-order valence-corrected chi connectivity index (χ1v) is 8.94. The van der Waals surface area contributed by atoms with Crippen LogP contribution >= 0.6 is 11.6 Å². The molecule has 0 spiro atoms. The van der Waals surface area contributed by atoms with E-state index >= 15 is 0 Å². The summed E-state index contributed by atoms with van der Waals surface area (Å²) >= 11 is 6.38. The van der Waals surface area contributed by atoms with E-state index in [2.05, 4.69) is 5.32 Å². The van der Waals surface area contributed by atoms with Crippen molar-refractivity contribution in [1.82, 2.24) is 5.32 Å². The van der Waals surface area contributed by atoms with Gasteiger partial charge in [0.1, 0.15) is 5.82 Å². The Hall–Kier alpha value is -2.44. The average molecular weight is 392 g/mol. The van der Waals surface area contributed by atoms with E-state index in [1.54, 1.807) is 6.07 Å². The number of nitrogens with one attached hydrogen (secondary N) is 1. The Kier molecular flexibility index (Phi) is 5.77. The molecule has 5 nitrogen and oxygen atoms in total. The molecule has 0 atom stereocenters. The number of benzene rings is 2. The third kappa shape index (κ3) is 4.12. The molecule has 3 rings (SSSR count). The smallest absolute Gasteiger partial charge is 0.335 e. The van der Waals surface area contributed by atoms with Crippen LogP contribution in [0.2, 0.25) is 5.02 Å². The summed E-state index contributed by atoms with van der Waals surface area (Å²) in [5.74, 6) is -2.71. The number of amides is 1. The van der Waals surface area contributed by atoms with Gasteiger partial charge in [0.25, 0.3) is 5.91 Å². The summed E-state index contributed by atoms with van der Waals surface area (Å²) in [7, 11) is 0. The van der Waals surface area contributed by atoms with E-state index in [0.29, 0.717) is 31.1 Å². The van der Waals surface area contributed by atoms with Crippen molar-refractivity contribution in [2.24, 2.45) is 0 Å². The topological polar surface area (TPSA) is 75.6 Å². The number of ether oxygens (including phenoxy) is 1. The van der Waals surface area contributed by atoms with Crippen molar-refractivity contribution in [2.75, 3.05) is 19.8 Å². The Bertz CT molecular complexity index is 865. The van der Waals surface area contributed by atoms with E-state index in [9.17, 15) is 14.0 Å². The van der Waals surface area contributed by atoms with Gasteiger partial charge < -0.3 is 15.2 Å². The fourth-order valence-electron chi connectivity index (χ4n) is 3.37. The van der Waals surface area contributed by atoms with Crippen molar-refractivity contribution < 1.29 is 23.8 Å². The molecule has 0 radical (unpaired) electrons. The first kappa shape index (κ1) is 19.3. The minimum absolute atomic E-state index is 0.193. The van der Waals surface area contributed by atoms with Crippen LogP contribution in [0.4, 0.5) is 4.39 Å². The van der Waals surface area contributed by atoms with Crippen LogP contribution in [0.25, 0.3) is 0 Å². The molecule has 1 aliphatic rings. The summed E-state index contributed by atoms with van der Waals surface area (Å²) in [5, 5.41) is 12.3. The Labute approximate surface area is 161 Å². The van der Waals surface area contributed by atoms with Gasteiger partial charge in [-0.2, -0.15) is 0 Å². The van der Waals surface area contributed by atoms with E-state index in [0.717, 1.165) is 11.6 Å². The summed E-state index contributed by atoms with van der Waals surface area (Å²) in [6.45, 7) is 1.37. The van der Waals surface area contributed by atoms with Crippen molar-refractivity contribution >= 4 is 23.5 Å². The highest BCUT2D eigenvalue weighted by molar-refractivity contribution is 6.31. The quantitative estimate of drug-likeness (QED) is 0.815. The van der Waals surface area contributed by atoms with Crippen molar-refractivity contribution in [3.8, 4) is 0 Å². The number of halogens is 2. The van der Waals surface area contributed by atoms with E-state index in [1.807, 2.05) is 18.2 Å². The summed E-state index contributed by atoms with van der Waals surface area (Å²) in [5.41, 5.74) is 0.128. The lowest BCUT2D eigenvalue weighted by molar-refractivity contribution is 0.0487. The lowest BCUT2D eigenvalue weighted by Gasteiger charge is -2.38. The van der Waals surface area contributed by atoms with Crippen LogP contribution in [-0.4, -0.2) is 36.7 Å². The van der Waals surface area contributed by atoms with Gasteiger partial charge >= 0.3 is 5.97 Å². The molecule has 7 heteroatoms. The minimum atomic E-state index is -1.25. The number of hydrogen-bond donors (Lipinski definition) is 2. The van der Waals surface area contributed by atoms with Crippen LogP contribution in [0.1, 0.15) is 39.1 Å². The molecule has 2 aromatic rings. The molecule has 1 fully saturated rings. The monoisotopic (exact) mass is 391 g/mol. The maximum absolute atomic E-state index is 14.1. The second-order valence-corrected chi connectivity index (χ2v) is 6.96. The predicted molar refractivity (Wildman–Crippen MR) is 98.9 cm³/mol. The fourth-order valence-corrected chi connectivity index (χ4v) is 3.71. The first-order chi connectivity index (χ1) is 12.9. The van der Waals surface area contributed by atoms with E-state index in [4.69, 9.17) is 21.4 Å². The molecule has 0 aliphatic carbocycles. The number of hydrogen-bond acceptors (Lipinski definition) is 3. The van der Waals surface area contributed by atoms with Crippen LogP contribution in [0.15, 0.2) is 42.5 Å². The van der Waals surface area contributed by atoms with E-state index in [-0.39, 0.29) is 17.7 Å². The van der Waals surface area contributed by atoms with Crippen LogP contribution in [0.3, 0.4) is 0 Å². The molecule has 142 valence electrons. The highest BCUT2D eigenvalue weighted by atomic mass is 35.5. The van der Waals surface area contributed by atoms with Crippen molar-refractivity contribution in [3.05, 3.63) is 70.0 Å².